The number of hydrogen-bond donors (Lipinski definition) is 2. The quantitative estimate of drug-likeness (QED) is 0.843. The summed E-state index contributed by atoms with van der Waals surface area (Å²) in [6, 6.07) is 9.06. The average Bonchev–Trinajstić information content (AvgIpc) is 2.83. The zero-order valence-corrected chi connectivity index (χ0v) is 15.4. The molecule has 2 aliphatic heterocycles. The lowest BCUT2D eigenvalue weighted by Gasteiger charge is -2.41. The number of phenols is 1. The van der Waals surface area contributed by atoms with E-state index >= 15 is 0 Å². The molecule has 0 radical (unpaired) electrons. The van der Waals surface area contributed by atoms with E-state index in [4.69, 9.17) is 9.72 Å². The Labute approximate surface area is 158 Å². The molecule has 1 aromatic carbocycles. The van der Waals surface area contributed by atoms with Crippen molar-refractivity contribution in [2.75, 3.05) is 31.1 Å². The maximum absolute atomic E-state index is 11.9. The van der Waals surface area contributed by atoms with E-state index in [1.54, 1.807) is 12.1 Å². The van der Waals surface area contributed by atoms with Crippen molar-refractivity contribution in [1.82, 2.24) is 15.3 Å². The van der Waals surface area contributed by atoms with Crippen LogP contribution in [0.4, 0.5) is 5.82 Å². The van der Waals surface area contributed by atoms with Crippen molar-refractivity contribution >= 4 is 11.7 Å². The van der Waals surface area contributed by atoms with Crippen LogP contribution in [0, 0.1) is 6.92 Å². The Hall–Kier alpha value is -2.67. The van der Waals surface area contributed by atoms with Crippen molar-refractivity contribution in [3.8, 4) is 17.1 Å². The van der Waals surface area contributed by atoms with E-state index < -0.39 is 0 Å². The number of carbonyl (C=O) groups excluding carboxylic acids is 1. The first-order valence-corrected chi connectivity index (χ1v) is 9.34. The number of benzene rings is 1. The number of hydrogen-bond acceptors (Lipinski definition) is 6. The number of anilines is 1. The van der Waals surface area contributed by atoms with E-state index in [0.717, 1.165) is 37.4 Å². The summed E-state index contributed by atoms with van der Waals surface area (Å²) in [5, 5.41) is 13.0. The van der Waals surface area contributed by atoms with Crippen molar-refractivity contribution in [3.63, 3.8) is 0 Å². The molecule has 1 aromatic heterocycles. The number of para-hydroxylation sites is 1. The summed E-state index contributed by atoms with van der Waals surface area (Å²) in [5.41, 5.74) is 1.11. The Bertz CT molecular complexity index is 847. The molecule has 0 aliphatic carbocycles. The fourth-order valence-corrected chi connectivity index (χ4v) is 3.83. The molecule has 7 heteroatoms. The Morgan fingerprint density at radius 3 is 2.78 bits per heavy atom. The van der Waals surface area contributed by atoms with E-state index in [0.29, 0.717) is 31.0 Å². The minimum atomic E-state index is -0.361. The van der Waals surface area contributed by atoms with Gasteiger partial charge in [-0.25, -0.2) is 9.97 Å². The smallest absolute Gasteiger partial charge is 0.222 e. The number of carbonyl (C=O) groups is 1. The van der Waals surface area contributed by atoms with Gasteiger partial charge in [0, 0.05) is 31.4 Å². The summed E-state index contributed by atoms with van der Waals surface area (Å²) in [7, 11) is 0. The molecule has 7 nitrogen and oxygen atoms in total. The number of phenolic OH excluding ortho intramolecular Hbond substituents is 1. The molecular formula is C20H24N4O3. The normalized spacial score (nSPS) is 19.6. The predicted molar refractivity (Wildman–Crippen MR) is 102 cm³/mol. The van der Waals surface area contributed by atoms with Gasteiger partial charge in [0.25, 0.3) is 0 Å². The molecule has 2 aliphatic rings. The molecular weight excluding hydrogens is 344 g/mol. The van der Waals surface area contributed by atoms with Crippen LogP contribution in [0.5, 0.6) is 5.75 Å². The molecule has 1 spiro atoms. The van der Waals surface area contributed by atoms with Gasteiger partial charge in [0.2, 0.25) is 5.91 Å². The van der Waals surface area contributed by atoms with Gasteiger partial charge in [-0.1, -0.05) is 12.1 Å². The van der Waals surface area contributed by atoms with Crippen LogP contribution in [0.15, 0.2) is 30.3 Å². The van der Waals surface area contributed by atoms with Gasteiger partial charge < -0.3 is 20.1 Å². The van der Waals surface area contributed by atoms with Crippen LogP contribution in [0.3, 0.4) is 0 Å². The molecule has 0 saturated carbocycles. The average molecular weight is 368 g/mol. The van der Waals surface area contributed by atoms with E-state index in [1.165, 1.54) is 0 Å². The number of aromatic hydroxyl groups is 1. The van der Waals surface area contributed by atoms with Crippen LogP contribution in [0.2, 0.25) is 0 Å². The van der Waals surface area contributed by atoms with E-state index in [9.17, 15) is 9.90 Å². The molecule has 0 atom stereocenters. The fourth-order valence-electron chi connectivity index (χ4n) is 3.83. The number of rotatable bonds is 2. The lowest BCUT2D eigenvalue weighted by Crippen LogP contribution is -2.47. The molecule has 3 heterocycles. The molecule has 2 fully saturated rings. The van der Waals surface area contributed by atoms with Gasteiger partial charge in [-0.3, -0.25) is 4.79 Å². The first-order chi connectivity index (χ1) is 13.0. The van der Waals surface area contributed by atoms with Gasteiger partial charge in [-0.05, 0) is 31.9 Å². The predicted octanol–water partition coefficient (Wildman–Crippen LogP) is 2.03. The highest BCUT2D eigenvalue weighted by atomic mass is 16.5. The minimum Gasteiger partial charge on any atom is -0.507 e. The Balaban J connectivity index is 1.55. The largest absolute Gasteiger partial charge is 0.507 e. The number of piperidine rings is 1. The first kappa shape index (κ1) is 17.7. The van der Waals surface area contributed by atoms with Gasteiger partial charge >= 0.3 is 0 Å². The molecule has 2 aromatic rings. The third-order valence-electron chi connectivity index (χ3n) is 5.30. The molecule has 2 N–H and O–H groups in total. The van der Waals surface area contributed by atoms with E-state index in [-0.39, 0.29) is 17.3 Å². The summed E-state index contributed by atoms with van der Waals surface area (Å²) in [6.45, 7) is 4.61. The van der Waals surface area contributed by atoms with Gasteiger partial charge in [0.1, 0.15) is 11.6 Å². The summed E-state index contributed by atoms with van der Waals surface area (Å²) >= 11 is 0. The van der Waals surface area contributed by atoms with Crippen LogP contribution >= 0.6 is 0 Å². The second-order valence-electron chi connectivity index (χ2n) is 7.25. The maximum Gasteiger partial charge on any atom is 0.222 e. The SMILES string of the molecule is Cc1cc(N2CCC3(CC2)CC(=O)NCCO3)nc(-c2ccccc2O)n1. The third kappa shape index (κ3) is 3.73. The van der Waals surface area contributed by atoms with E-state index in [2.05, 4.69) is 15.2 Å². The standard InChI is InChI=1S/C20H24N4O3/c1-14-12-17(23-19(22-14)15-4-2-3-5-16(15)25)24-9-6-20(7-10-24)13-18(26)21-8-11-27-20/h2-5,12,25H,6-11,13H2,1H3,(H,21,26). The number of nitrogens with one attached hydrogen (secondary N) is 1. The second kappa shape index (κ2) is 7.15. The Morgan fingerprint density at radius 2 is 2.00 bits per heavy atom. The van der Waals surface area contributed by atoms with Crippen molar-refractivity contribution in [2.45, 2.75) is 31.8 Å². The third-order valence-corrected chi connectivity index (χ3v) is 5.30. The highest BCUT2D eigenvalue weighted by Crippen LogP contribution is 2.34. The molecule has 1 amide bonds. The molecule has 0 bridgehead atoms. The lowest BCUT2D eigenvalue weighted by atomic mass is 9.87. The van der Waals surface area contributed by atoms with E-state index in [1.807, 2.05) is 25.1 Å². The minimum absolute atomic E-state index is 0.0701. The molecule has 27 heavy (non-hydrogen) atoms. The number of aryl methyl sites for hydroxylation is 1. The van der Waals surface area contributed by atoms with Gasteiger partial charge in [0.05, 0.1) is 24.2 Å². The highest BCUT2D eigenvalue weighted by molar-refractivity contribution is 5.77. The highest BCUT2D eigenvalue weighted by Gasteiger charge is 2.39. The molecule has 4 rings (SSSR count). The van der Waals surface area contributed by atoms with Crippen LogP contribution in [-0.4, -0.2) is 52.8 Å². The lowest BCUT2D eigenvalue weighted by molar-refractivity contribution is -0.126. The number of aromatic nitrogens is 2. The van der Waals surface area contributed by atoms with Crippen LogP contribution < -0.4 is 10.2 Å². The second-order valence-corrected chi connectivity index (χ2v) is 7.25. The summed E-state index contributed by atoms with van der Waals surface area (Å²) in [6.07, 6.45) is 2.00. The first-order valence-electron chi connectivity index (χ1n) is 9.34. The van der Waals surface area contributed by atoms with Gasteiger partial charge in [-0.2, -0.15) is 0 Å². The topological polar surface area (TPSA) is 87.6 Å². The Kier molecular flexibility index (Phi) is 4.70. The molecule has 2 saturated heterocycles. The fraction of sp³-hybridized carbons (Fsp3) is 0.450. The summed E-state index contributed by atoms with van der Waals surface area (Å²) < 4.78 is 6.04. The Morgan fingerprint density at radius 1 is 1.22 bits per heavy atom. The number of amides is 1. The maximum atomic E-state index is 11.9. The van der Waals surface area contributed by atoms with Gasteiger partial charge in [-0.15, -0.1) is 0 Å². The van der Waals surface area contributed by atoms with Crippen molar-refractivity contribution in [3.05, 3.63) is 36.0 Å². The zero-order valence-electron chi connectivity index (χ0n) is 15.4. The van der Waals surface area contributed by atoms with Crippen LogP contribution in [0.1, 0.15) is 25.0 Å². The van der Waals surface area contributed by atoms with Crippen LogP contribution in [-0.2, 0) is 9.53 Å². The van der Waals surface area contributed by atoms with Gasteiger partial charge in [0.15, 0.2) is 5.82 Å². The van der Waals surface area contributed by atoms with Crippen LogP contribution in [0.25, 0.3) is 11.4 Å². The number of nitrogens with zero attached hydrogens (tertiary/aromatic N) is 3. The van der Waals surface area contributed by atoms with Crippen molar-refractivity contribution < 1.29 is 14.6 Å². The number of ether oxygens (including phenoxy) is 1. The summed E-state index contributed by atoms with van der Waals surface area (Å²) in [5.74, 6) is 1.60. The van der Waals surface area contributed by atoms with Crippen molar-refractivity contribution in [2.24, 2.45) is 0 Å². The zero-order chi connectivity index (χ0) is 18.9. The van der Waals surface area contributed by atoms with Crippen molar-refractivity contribution in [1.29, 1.82) is 0 Å². The summed E-state index contributed by atoms with van der Waals surface area (Å²) in [4.78, 5) is 23.3. The monoisotopic (exact) mass is 368 g/mol. The molecule has 142 valence electrons. The molecule has 0 unspecified atom stereocenters.